The zero-order chi connectivity index (χ0) is 24.8. The van der Waals surface area contributed by atoms with Gasteiger partial charge in [0.15, 0.2) is 19.9 Å². The molecule has 4 nitrogen and oxygen atoms in total. The maximum atomic E-state index is 6.92. The number of hydrogen-bond acceptors (Lipinski definition) is 4. The van der Waals surface area contributed by atoms with Gasteiger partial charge in [-0.1, -0.05) is 63.4 Å². The predicted octanol–water partition coefficient (Wildman–Crippen LogP) is 6.84. The summed E-state index contributed by atoms with van der Waals surface area (Å²) in [5.41, 5.74) is 3.84. The summed E-state index contributed by atoms with van der Waals surface area (Å²) in [5, 5.41) is 0.0505. The summed E-state index contributed by atoms with van der Waals surface area (Å²) in [6.07, 6.45) is 1.02. The van der Waals surface area contributed by atoms with Crippen LogP contribution in [-0.2, 0) is 25.2 Å². The van der Waals surface area contributed by atoms with Crippen LogP contribution in [0.25, 0.3) is 0 Å². The number of ether oxygens (including phenoxy) is 3. The fourth-order valence-corrected chi connectivity index (χ4v) is 4.67. The van der Waals surface area contributed by atoms with E-state index < -0.39 is 14.1 Å². The molecule has 1 fully saturated rings. The van der Waals surface area contributed by atoms with Crippen molar-refractivity contribution in [3.05, 3.63) is 54.0 Å². The van der Waals surface area contributed by atoms with Crippen molar-refractivity contribution in [1.29, 1.82) is 0 Å². The minimum Gasteiger partial charge on any atom is -0.482 e. The normalized spacial score (nSPS) is 18.4. The van der Waals surface area contributed by atoms with Gasteiger partial charge in [-0.3, -0.25) is 0 Å². The van der Waals surface area contributed by atoms with Gasteiger partial charge in [0.05, 0.1) is 13.2 Å². The van der Waals surface area contributed by atoms with Gasteiger partial charge >= 0.3 is 0 Å². The molecule has 0 bridgehead atoms. The van der Waals surface area contributed by atoms with Crippen molar-refractivity contribution >= 4 is 8.32 Å². The molecule has 0 spiro atoms. The van der Waals surface area contributed by atoms with Crippen molar-refractivity contribution in [2.75, 3.05) is 13.2 Å². The quantitative estimate of drug-likeness (QED) is 0.171. The molecule has 5 heteroatoms. The van der Waals surface area contributed by atoms with Gasteiger partial charge in [0.2, 0.25) is 0 Å². The van der Waals surface area contributed by atoms with Crippen LogP contribution in [0.3, 0.4) is 0 Å². The topological polar surface area (TPSA) is 36.9 Å². The molecule has 0 saturated carbocycles. The summed E-state index contributed by atoms with van der Waals surface area (Å²) >= 11 is 0. The molecule has 2 rings (SSSR count). The Labute approximate surface area is 202 Å². The highest BCUT2D eigenvalue weighted by Gasteiger charge is 2.46. The zero-order valence-electron chi connectivity index (χ0n) is 21.8. The van der Waals surface area contributed by atoms with E-state index in [1.165, 1.54) is 0 Å². The molecule has 182 valence electrons. The Balaban J connectivity index is 2.34. The molecule has 1 saturated heterocycles. The maximum absolute atomic E-state index is 6.92. The monoisotopic (exact) mass is 470 g/mol. The van der Waals surface area contributed by atoms with Crippen LogP contribution in [0.2, 0.25) is 18.1 Å². The SMILES string of the molecule is C=C=C(OCc1ccccc1)C(CC1(CC#CC)COC(C)(C)OC1)O[Si](C)(C)C(C)(C)C. The Hall–Kier alpha value is -1.80. The van der Waals surface area contributed by atoms with E-state index in [2.05, 4.69) is 58.0 Å². The Kier molecular flexibility index (Phi) is 9.21. The van der Waals surface area contributed by atoms with Gasteiger partial charge in [-0.15, -0.1) is 11.8 Å². The second-order valence-electron chi connectivity index (χ2n) is 11.0. The predicted molar refractivity (Wildman–Crippen MR) is 137 cm³/mol. The summed E-state index contributed by atoms with van der Waals surface area (Å²) in [6, 6.07) is 10.1. The lowest BCUT2D eigenvalue weighted by Gasteiger charge is -2.46. The molecule has 1 atom stereocenters. The van der Waals surface area contributed by atoms with Gasteiger partial charge in [0, 0.05) is 11.8 Å². The highest BCUT2D eigenvalue weighted by Crippen LogP contribution is 2.42. The van der Waals surface area contributed by atoms with Gasteiger partial charge in [-0.2, -0.15) is 0 Å². The molecular formula is C28H42O4Si. The van der Waals surface area contributed by atoms with Crippen molar-refractivity contribution in [1.82, 2.24) is 0 Å². The van der Waals surface area contributed by atoms with Crippen LogP contribution in [0.5, 0.6) is 0 Å². The summed E-state index contributed by atoms with van der Waals surface area (Å²) in [5.74, 6) is 6.33. The first kappa shape index (κ1) is 27.4. The molecule has 1 heterocycles. The Bertz CT molecular complexity index is 870. The smallest absolute Gasteiger partial charge is 0.193 e. The standard InChI is InChI=1S/C28H42O4Si/c1-10-12-18-28(21-30-27(6,7)31-22-28)19-25(32-33(8,9)26(3,4)5)24(11-2)29-20-23-16-14-13-15-17-23/h13-17,25H,2,18-22H2,1,3-9H3. The molecule has 1 aliphatic heterocycles. The highest BCUT2D eigenvalue weighted by molar-refractivity contribution is 6.74. The summed E-state index contributed by atoms with van der Waals surface area (Å²) in [7, 11) is -2.12. The van der Waals surface area contributed by atoms with E-state index in [1.54, 1.807) is 0 Å². The van der Waals surface area contributed by atoms with Crippen molar-refractivity contribution in [2.45, 2.75) is 91.0 Å². The molecule has 33 heavy (non-hydrogen) atoms. The molecule has 0 aliphatic carbocycles. The van der Waals surface area contributed by atoms with Crippen LogP contribution >= 0.6 is 0 Å². The zero-order valence-corrected chi connectivity index (χ0v) is 22.8. The van der Waals surface area contributed by atoms with E-state index in [0.717, 1.165) is 5.56 Å². The Morgan fingerprint density at radius 3 is 2.27 bits per heavy atom. The number of benzene rings is 1. The second-order valence-corrected chi connectivity index (χ2v) is 15.7. The largest absolute Gasteiger partial charge is 0.482 e. The number of rotatable bonds is 9. The summed E-state index contributed by atoms with van der Waals surface area (Å²) in [4.78, 5) is 0. The molecule has 0 aromatic heterocycles. The van der Waals surface area contributed by atoms with E-state index in [-0.39, 0.29) is 16.6 Å². The van der Waals surface area contributed by atoms with Crippen molar-refractivity contribution in [2.24, 2.45) is 5.41 Å². The van der Waals surface area contributed by atoms with Gasteiger partial charge in [0.25, 0.3) is 0 Å². The van der Waals surface area contributed by atoms with Crippen LogP contribution in [-0.4, -0.2) is 33.4 Å². The number of hydrogen-bond donors (Lipinski definition) is 0. The van der Waals surface area contributed by atoms with Crippen molar-refractivity contribution < 1.29 is 18.6 Å². The molecule has 0 radical (unpaired) electrons. The van der Waals surface area contributed by atoms with E-state index in [4.69, 9.17) is 18.6 Å². The second kappa shape index (κ2) is 11.1. The van der Waals surface area contributed by atoms with Crippen LogP contribution in [0.4, 0.5) is 0 Å². The van der Waals surface area contributed by atoms with Gasteiger partial charge in [0.1, 0.15) is 12.7 Å². The van der Waals surface area contributed by atoms with Crippen molar-refractivity contribution in [3.8, 4) is 11.8 Å². The van der Waals surface area contributed by atoms with Gasteiger partial charge in [-0.25, -0.2) is 0 Å². The molecule has 1 aromatic carbocycles. The van der Waals surface area contributed by atoms with Crippen LogP contribution in [0, 0.1) is 17.3 Å². The fraction of sp³-hybridized carbons (Fsp3) is 0.607. The van der Waals surface area contributed by atoms with E-state index >= 15 is 0 Å². The van der Waals surface area contributed by atoms with E-state index in [0.29, 0.717) is 38.4 Å². The fourth-order valence-electron chi connectivity index (χ4n) is 3.41. The van der Waals surface area contributed by atoms with Crippen LogP contribution in [0.15, 0.2) is 48.4 Å². The minimum atomic E-state index is -2.12. The lowest BCUT2D eigenvalue weighted by atomic mass is 9.79. The van der Waals surface area contributed by atoms with E-state index in [1.807, 2.05) is 51.1 Å². The van der Waals surface area contributed by atoms with Gasteiger partial charge < -0.3 is 18.6 Å². The lowest BCUT2D eigenvalue weighted by Crippen LogP contribution is -2.50. The first-order valence-electron chi connectivity index (χ1n) is 11.8. The first-order chi connectivity index (χ1) is 15.3. The van der Waals surface area contributed by atoms with Crippen LogP contribution < -0.4 is 0 Å². The molecule has 1 aromatic rings. The highest BCUT2D eigenvalue weighted by atomic mass is 28.4. The third kappa shape index (κ3) is 7.88. The minimum absolute atomic E-state index is 0.0505. The molecule has 1 unspecified atom stereocenters. The Morgan fingerprint density at radius 2 is 1.76 bits per heavy atom. The van der Waals surface area contributed by atoms with Crippen LogP contribution in [0.1, 0.15) is 59.9 Å². The third-order valence-corrected chi connectivity index (χ3v) is 11.1. The summed E-state index contributed by atoms with van der Waals surface area (Å²) < 4.78 is 25.4. The maximum Gasteiger partial charge on any atom is 0.193 e. The van der Waals surface area contributed by atoms with E-state index in [9.17, 15) is 0 Å². The Morgan fingerprint density at radius 1 is 1.15 bits per heavy atom. The molecular weight excluding hydrogens is 428 g/mol. The molecule has 0 N–H and O–H groups in total. The lowest BCUT2D eigenvalue weighted by molar-refractivity contribution is -0.287. The first-order valence-corrected chi connectivity index (χ1v) is 14.7. The molecule has 1 aliphatic rings. The third-order valence-electron chi connectivity index (χ3n) is 6.66. The van der Waals surface area contributed by atoms with Gasteiger partial charge in [-0.05, 0) is 50.9 Å². The summed E-state index contributed by atoms with van der Waals surface area (Å²) in [6.45, 7) is 22.5. The average molecular weight is 471 g/mol. The average Bonchev–Trinajstić information content (AvgIpc) is 2.74. The van der Waals surface area contributed by atoms with Crippen molar-refractivity contribution in [3.63, 3.8) is 0 Å². The molecule has 0 amide bonds.